The summed E-state index contributed by atoms with van der Waals surface area (Å²) in [6, 6.07) is 16.7. The van der Waals surface area contributed by atoms with Gasteiger partial charge in [0.05, 0.1) is 11.9 Å². The standard InChI is InChI=1S/C34H34N6O3/c1-21-9-8-10-31-36-20-29(40(21)31)26-18-27(13-11-24-12-14-28-22(2)35-16-15-25(28)17-24)37-30(19-26)38-32(41)23(3)39(7)33(42)43-34(4,5)6/h8-10,12,14-20,23H,1-7H3,(H,37,38,41)/t23-/m1/s1. The Labute approximate surface area is 250 Å². The largest absolute Gasteiger partial charge is 0.444 e. The van der Waals surface area contributed by atoms with E-state index >= 15 is 0 Å². The molecule has 1 N–H and O–H groups in total. The number of benzene rings is 1. The zero-order chi connectivity index (χ0) is 30.9. The van der Waals surface area contributed by atoms with Crippen LogP contribution in [0.2, 0.25) is 0 Å². The highest BCUT2D eigenvalue weighted by Crippen LogP contribution is 2.26. The first-order valence-corrected chi connectivity index (χ1v) is 14.0. The number of pyridine rings is 3. The highest BCUT2D eigenvalue weighted by atomic mass is 16.6. The van der Waals surface area contributed by atoms with E-state index in [1.54, 1.807) is 46.2 Å². The second-order valence-electron chi connectivity index (χ2n) is 11.5. The lowest BCUT2D eigenvalue weighted by molar-refractivity contribution is -0.120. The zero-order valence-electron chi connectivity index (χ0n) is 25.4. The van der Waals surface area contributed by atoms with Gasteiger partial charge in [0.15, 0.2) is 0 Å². The molecule has 9 heteroatoms. The van der Waals surface area contributed by atoms with Gasteiger partial charge in [-0.15, -0.1) is 0 Å². The topological polar surface area (TPSA) is 102 Å². The molecular weight excluding hydrogens is 540 g/mol. The van der Waals surface area contributed by atoms with Gasteiger partial charge in [0, 0.05) is 41.1 Å². The van der Waals surface area contributed by atoms with Crippen LogP contribution in [-0.2, 0) is 9.53 Å². The van der Waals surface area contributed by atoms with Crippen LogP contribution in [0.5, 0.6) is 0 Å². The van der Waals surface area contributed by atoms with Crippen LogP contribution in [0, 0.1) is 25.7 Å². The predicted octanol–water partition coefficient (Wildman–Crippen LogP) is 6.16. The monoisotopic (exact) mass is 574 g/mol. The molecule has 0 radical (unpaired) electrons. The van der Waals surface area contributed by atoms with Crippen LogP contribution >= 0.6 is 0 Å². The van der Waals surface area contributed by atoms with Crippen LogP contribution in [-0.4, -0.2) is 54.9 Å². The summed E-state index contributed by atoms with van der Waals surface area (Å²) in [5.74, 6) is 6.28. The number of rotatable bonds is 4. The molecule has 1 aromatic carbocycles. The third kappa shape index (κ3) is 6.49. The van der Waals surface area contributed by atoms with Crippen LogP contribution in [0.4, 0.5) is 10.6 Å². The molecule has 0 aliphatic carbocycles. The minimum atomic E-state index is -0.816. The van der Waals surface area contributed by atoms with E-state index in [2.05, 4.69) is 32.1 Å². The molecule has 218 valence electrons. The van der Waals surface area contributed by atoms with E-state index in [1.165, 1.54) is 11.9 Å². The van der Waals surface area contributed by atoms with Crippen molar-refractivity contribution in [1.29, 1.82) is 0 Å². The van der Waals surface area contributed by atoms with Gasteiger partial charge in [0.1, 0.15) is 28.8 Å². The van der Waals surface area contributed by atoms with Gasteiger partial charge in [-0.3, -0.25) is 19.1 Å². The minimum Gasteiger partial charge on any atom is -0.444 e. The fourth-order valence-electron chi connectivity index (χ4n) is 4.65. The van der Waals surface area contributed by atoms with Crippen molar-refractivity contribution in [3.63, 3.8) is 0 Å². The van der Waals surface area contributed by atoms with Gasteiger partial charge < -0.3 is 10.1 Å². The van der Waals surface area contributed by atoms with Crippen LogP contribution in [0.25, 0.3) is 27.7 Å². The number of anilines is 1. The minimum absolute atomic E-state index is 0.306. The van der Waals surface area contributed by atoms with Crippen LogP contribution in [0.15, 0.2) is 67.0 Å². The van der Waals surface area contributed by atoms with Crippen molar-refractivity contribution >= 4 is 34.2 Å². The van der Waals surface area contributed by atoms with Crippen molar-refractivity contribution in [2.75, 3.05) is 12.4 Å². The van der Waals surface area contributed by atoms with Crippen molar-refractivity contribution in [3.8, 4) is 23.1 Å². The van der Waals surface area contributed by atoms with Crippen molar-refractivity contribution in [3.05, 3.63) is 89.6 Å². The molecule has 0 spiro atoms. The van der Waals surface area contributed by atoms with Crippen LogP contribution in [0.3, 0.4) is 0 Å². The summed E-state index contributed by atoms with van der Waals surface area (Å²) >= 11 is 0. The maximum atomic E-state index is 13.3. The molecule has 5 rings (SSSR count). The average molecular weight is 575 g/mol. The number of aryl methyl sites for hydroxylation is 2. The summed E-state index contributed by atoms with van der Waals surface area (Å²) in [7, 11) is 1.53. The van der Waals surface area contributed by atoms with Gasteiger partial charge in [0.25, 0.3) is 0 Å². The van der Waals surface area contributed by atoms with Crippen LogP contribution < -0.4 is 5.32 Å². The van der Waals surface area contributed by atoms with Gasteiger partial charge >= 0.3 is 6.09 Å². The Morgan fingerprint density at radius 1 is 1.02 bits per heavy atom. The highest BCUT2D eigenvalue weighted by molar-refractivity contribution is 5.96. The van der Waals surface area contributed by atoms with E-state index in [0.29, 0.717) is 11.5 Å². The highest BCUT2D eigenvalue weighted by Gasteiger charge is 2.27. The summed E-state index contributed by atoms with van der Waals surface area (Å²) in [6.45, 7) is 11.0. The van der Waals surface area contributed by atoms with Crippen molar-refractivity contribution in [2.45, 2.75) is 53.2 Å². The molecule has 0 saturated carbocycles. The summed E-state index contributed by atoms with van der Waals surface area (Å²) in [6.07, 6.45) is 2.98. The maximum Gasteiger partial charge on any atom is 0.410 e. The Balaban J connectivity index is 1.51. The molecule has 4 heterocycles. The van der Waals surface area contributed by atoms with Crippen molar-refractivity contribution in [2.24, 2.45) is 0 Å². The van der Waals surface area contributed by atoms with E-state index in [1.807, 2.05) is 66.8 Å². The smallest absolute Gasteiger partial charge is 0.410 e. The maximum absolute atomic E-state index is 13.3. The normalized spacial score (nSPS) is 12.0. The summed E-state index contributed by atoms with van der Waals surface area (Å²) < 4.78 is 7.47. The van der Waals surface area contributed by atoms with E-state index in [0.717, 1.165) is 44.6 Å². The number of likely N-dealkylation sites (N-methyl/N-ethyl adjacent to an activating group) is 1. The molecule has 2 amide bonds. The molecule has 0 fully saturated rings. The van der Waals surface area contributed by atoms with Gasteiger partial charge in [-0.05, 0) is 95.3 Å². The zero-order valence-corrected chi connectivity index (χ0v) is 25.4. The average Bonchev–Trinajstić information content (AvgIpc) is 3.40. The number of nitrogens with zero attached hydrogens (tertiary/aromatic N) is 5. The quantitative estimate of drug-likeness (QED) is 0.258. The number of imidazole rings is 1. The molecule has 0 aliphatic rings. The van der Waals surface area contributed by atoms with E-state index in [4.69, 9.17) is 4.74 Å². The molecular formula is C34H34N6O3. The molecule has 0 bridgehead atoms. The first-order valence-electron chi connectivity index (χ1n) is 14.0. The fraction of sp³-hybridized carbons (Fsp3) is 0.265. The predicted molar refractivity (Wildman–Crippen MR) is 168 cm³/mol. The van der Waals surface area contributed by atoms with Crippen LogP contribution in [0.1, 0.15) is 50.3 Å². The van der Waals surface area contributed by atoms with Crippen molar-refractivity contribution < 1.29 is 14.3 Å². The van der Waals surface area contributed by atoms with Crippen molar-refractivity contribution in [1.82, 2.24) is 24.3 Å². The number of carbonyl (C=O) groups excluding carboxylic acids is 2. The number of amides is 2. The Bertz CT molecular complexity index is 1930. The number of carbonyl (C=O) groups is 2. The fourth-order valence-corrected chi connectivity index (χ4v) is 4.65. The van der Waals surface area contributed by atoms with Gasteiger partial charge in [-0.2, -0.15) is 0 Å². The SMILES string of the molecule is Cc1nccc2cc(C#Cc3cc(-c4cnc5cccc(C)n45)cc(NC(=O)[C@@H](C)N(C)C(=O)OC(C)(C)C)n3)ccc12. The molecule has 43 heavy (non-hydrogen) atoms. The number of fused-ring (bicyclic) bond motifs is 2. The number of nitrogens with one attached hydrogen (secondary N) is 1. The summed E-state index contributed by atoms with van der Waals surface area (Å²) in [4.78, 5) is 40.7. The van der Waals surface area contributed by atoms with Gasteiger partial charge in [-0.1, -0.05) is 18.1 Å². The Kier molecular flexibility index (Phi) is 7.87. The molecule has 4 aromatic heterocycles. The second kappa shape index (κ2) is 11.6. The molecule has 1 atom stereocenters. The second-order valence-corrected chi connectivity index (χ2v) is 11.5. The van der Waals surface area contributed by atoms with Gasteiger partial charge in [0.2, 0.25) is 5.91 Å². The third-order valence-electron chi connectivity index (χ3n) is 7.04. The van der Waals surface area contributed by atoms with E-state index in [-0.39, 0.29) is 0 Å². The number of hydrogen-bond donors (Lipinski definition) is 1. The Hall–Kier alpha value is -5.23. The summed E-state index contributed by atoms with van der Waals surface area (Å²) in [5, 5.41) is 5.00. The Morgan fingerprint density at radius 2 is 1.81 bits per heavy atom. The molecule has 0 aliphatic heterocycles. The lowest BCUT2D eigenvalue weighted by Crippen LogP contribution is -2.45. The van der Waals surface area contributed by atoms with Gasteiger partial charge in [-0.25, -0.2) is 14.8 Å². The van der Waals surface area contributed by atoms with E-state index in [9.17, 15) is 9.59 Å². The first kappa shape index (κ1) is 29.3. The summed E-state index contributed by atoms with van der Waals surface area (Å²) in [5.41, 5.74) is 5.00. The number of aromatic nitrogens is 4. The molecule has 9 nitrogen and oxygen atoms in total. The molecule has 0 saturated heterocycles. The Morgan fingerprint density at radius 3 is 2.58 bits per heavy atom. The number of hydrogen-bond acceptors (Lipinski definition) is 6. The first-order chi connectivity index (χ1) is 20.4. The molecule has 0 unspecified atom stereocenters. The molecule has 5 aromatic rings. The number of ether oxygens (including phenoxy) is 1. The van der Waals surface area contributed by atoms with E-state index < -0.39 is 23.6 Å². The lowest BCUT2D eigenvalue weighted by Gasteiger charge is -2.28. The lowest BCUT2D eigenvalue weighted by atomic mass is 10.1. The third-order valence-corrected chi connectivity index (χ3v) is 7.04.